The van der Waals surface area contributed by atoms with E-state index in [1.165, 1.54) is 77.0 Å². The summed E-state index contributed by atoms with van der Waals surface area (Å²) >= 11 is 0. The molecule has 0 aliphatic rings. The van der Waals surface area contributed by atoms with Gasteiger partial charge in [0.05, 0.1) is 25.2 Å². The van der Waals surface area contributed by atoms with Gasteiger partial charge >= 0.3 is 5.97 Å². The fourth-order valence-corrected chi connectivity index (χ4v) is 7.24. The van der Waals surface area contributed by atoms with Crippen LogP contribution >= 0.6 is 0 Å². The third-order valence-corrected chi connectivity index (χ3v) is 11.2. The lowest BCUT2D eigenvalue weighted by atomic mass is 10.0. The summed E-state index contributed by atoms with van der Waals surface area (Å²) in [6, 6.07) is -0.733. The number of esters is 1. The maximum atomic E-state index is 13.2. The number of aliphatic hydroxyl groups is 2. The Bertz CT molecular complexity index is 1320. The Morgan fingerprint density at radius 3 is 1.44 bits per heavy atom. The van der Waals surface area contributed by atoms with Crippen LogP contribution in [0.3, 0.4) is 0 Å². The van der Waals surface area contributed by atoms with Gasteiger partial charge in [0.1, 0.15) is 6.10 Å². The molecule has 6 nitrogen and oxygen atoms in total. The van der Waals surface area contributed by atoms with Crippen molar-refractivity contribution in [2.75, 3.05) is 6.61 Å². The highest BCUT2D eigenvalue weighted by molar-refractivity contribution is 5.77. The lowest BCUT2D eigenvalue weighted by Crippen LogP contribution is -2.46. The molecule has 3 atom stereocenters. The van der Waals surface area contributed by atoms with Crippen LogP contribution in [0.25, 0.3) is 0 Å². The second-order valence-electron chi connectivity index (χ2n) is 17.3. The molecule has 0 aliphatic carbocycles. The summed E-state index contributed by atoms with van der Waals surface area (Å²) in [7, 11) is 0. The Morgan fingerprint density at radius 2 is 0.906 bits per heavy atom. The minimum absolute atomic E-state index is 0.0223. The molecule has 0 heterocycles. The van der Waals surface area contributed by atoms with Gasteiger partial charge in [0.25, 0.3) is 0 Å². The van der Waals surface area contributed by atoms with Crippen molar-refractivity contribution >= 4 is 11.9 Å². The summed E-state index contributed by atoms with van der Waals surface area (Å²) in [4.78, 5) is 26.2. The minimum Gasteiger partial charge on any atom is -0.462 e. The number of unbranched alkanes of at least 4 members (excludes halogenated alkanes) is 18. The molecule has 64 heavy (non-hydrogen) atoms. The van der Waals surface area contributed by atoms with Crippen molar-refractivity contribution < 1.29 is 24.5 Å². The molecule has 0 fully saturated rings. The van der Waals surface area contributed by atoms with Gasteiger partial charge in [-0.25, -0.2) is 0 Å². The van der Waals surface area contributed by atoms with Crippen LogP contribution in [0.2, 0.25) is 0 Å². The molecule has 3 N–H and O–H groups in total. The van der Waals surface area contributed by atoms with E-state index in [0.29, 0.717) is 25.7 Å². The highest BCUT2D eigenvalue weighted by atomic mass is 16.5. The fourth-order valence-electron chi connectivity index (χ4n) is 7.24. The molecule has 0 saturated heterocycles. The van der Waals surface area contributed by atoms with Gasteiger partial charge in [-0.05, 0) is 89.9 Å². The largest absolute Gasteiger partial charge is 0.462 e. The van der Waals surface area contributed by atoms with Crippen LogP contribution < -0.4 is 5.32 Å². The number of nitrogens with one attached hydrogen (secondary N) is 1. The van der Waals surface area contributed by atoms with E-state index in [9.17, 15) is 19.8 Å². The molecule has 3 unspecified atom stereocenters. The summed E-state index contributed by atoms with van der Waals surface area (Å²) in [6.07, 6.45) is 68.6. The van der Waals surface area contributed by atoms with E-state index in [1.807, 2.05) is 18.2 Å². The average Bonchev–Trinajstić information content (AvgIpc) is 3.29. The molecule has 6 heteroatoms. The first-order valence-corrected chi connectivity index (χ1v) is 26.2. The summed E-state index contributed by atoms with van der Waals surface area (Å²) in [5, 5.41) is 23.7. The monoisotopic (exact) mass is 888 g/mol. The van der Waals surface area contributed by atoms with Gasteiger partial charge in [0.15, 0.2) is 0 Å². The summed E-state index contributed by atoms with van der Waals surface area (Å²) in [5.41, 5.74) is 0. The molecule has 0 saturated carbocycles. The number of carbonyl (C=O) groups excluding carboxylic acids is 2. The molecule has 0 bridgehead atoms. The normalized spacial score (nSPS) is 14.1. The molecule has 0 rings (SSSR count). The van der Waals surface area contributed by atoms with E-state index in [0.717, 1.165) is 89.9 Å². The quantitative estimate of drug-likeness (QED) is 0.0245. The number of hydrogen-bond acceptors (Lipinski definition) is 5. The molecule has 0 aromatic heterocycles. The number of carbonyl (C=O) groups is 2. The molecular formula is C58H97NO5. The Kier molecular flexibility index (Phi) is 47.8. The molecule has 1 amide bonds. The smallest absolute Gasteiger partial charge is 0.306 e. The second-order valence-corrected chi connectivity index (χ2v) is 17.3. The zero-order chi connectivity index (χ0) is 46.7. The number of amides is 1. The van der Waals surface area contributed by atoms with Crippen LogP contribution in [0.4, 0.5) is 0 Å². The zero-order valence-corrected chi connectivity index (χ0v) is 41.4. The predicted octanol–water partition coefficient (Wildman–Crippen LogP) is 15.9. The van der Waals surface area contributed by atoms with Gasteiger partial charge in [0.2, 0.25) is 5.91 Å². The number of rotatable bonds is 45. The topological polar surface area (TPSA) is 95.9 Å². The first kappa shape index (κ1) is 60.5. The zero-order valence-electron chi connectivity index (χ0n) is 41.4. The Labute approximate surface area is 394 Å². The standard InChI is InChI=1S/C58H97NO5/c1-4-7-10-13-16-19-22-25-27-29-31-33-36-39-42-45-48-51-58(63)64-54(49-46-43-40-37-34-32-30-28-26-23-20-17-14-11-8-5-2)52-57(62)59-55(53-60)56(61)50-47-44-41-38-35-24-21-18-15-12-9-6-3/h7,10,16-17,19-20,23,25-28,30-34,39,42,54-56,60-61H,4-6,8-9,11-15,18,21-22,24,29,35-38,40-41,43-53H2,1-3H3,(H,59,62)/b10-7-,19-16-,20-17+,26-23+,27-25-,30-28+,33-31-,34-32+,42-39-. The first-order chi connectivity index (χ1) is 31.5. The fraction of sp³-hybridized carbons (Fsp3) is 0.655. The first-order valence-electron chi connectivity index (χ1n) is 26.2. The Hall–Kier alpha value is -3.48. The van der Waals surface area contributed by atoms with E-state index < -0.39 is 18.2 Å². The van der Waals surface area contributed by atoms with Gasteiger partial charge in [-0.2, -0.15) is 0 Å². The highest BCUT2D eigenvalue weighted by Gasteiger charge is 2.24. The van der Waals surface area contributed by atoms with E-state index in [1.54, 1.807) is 0 Å². The van der Waals surface area contributed by atoms with Crippen LogP contribution in [-0.2, 0) is 14.3 Å². The molecule has 0 radical (unpaired) electrons. The lowest BCUT2D eigenvalue weighted by Gasteiger charge is -2.24. The number of hydrogen-bond donors (Lipinski definition) is 3. The van der Waals surface area contributed by atoms with Crippen LogP contribution in [0.15, 0.2) is 109 Å². The van der Waals surface area contributed by atoms with Crippen molar-refractivity contribution in [2.24, 2.45) is 0 Å². The van der Waals surface area contributed by atoms with Gasteiger partial charge in [-0.15, -0.1) is 0 Å². The second kappa shape index (κ2) is 50.5. The minimum atomic E-state index is -0.815. The molecule has 0 spiro atoms. The van der Waals surface area contributed by atoms with Crippen LogP contribution in [0.5, 0.6) is 0 Å². The molecule has 0 aliphatic heterocycles. The molecule has 0 aromatic carbocycles. The lowest BCUT2D eigenvalue weighted by molar-refractivity contribution is -0.151. The molecule has 364 valence electrons. The van der Waals surface area contributed by atoms with Crippen LogP contribution in [-0.4, -0.2) is 46.9 Å². The Balaban J connectivity index is 4.80. The summed E-state index contributed by atoms with van der Waals surface area (Å²) in [5.74, 6) is -0.591. The third-order valence-electron chi connectivity index (χ3n) is 11.2. The number of allylic oxidation sites excluding steroid dienone is 18. The Morgan fingerprint density at radius 1 is 0.484 bits per heavy atom. The maximum absolute atomic E-state index is 13.2. The van der Waals surface area contributed by atoms with Crippen molar-refractivity contribution in [3.8, 4) is 0 Å². The van der Waals surface area contributed by atoms with Crippen molar-refractivity contribution in [1.29, 1.82) is 0 Å². The maximum Gasteiger partial charge on any atom is 0.306 e. The summed E-state index contributed by atoms with van der Waals surface area (Å²) in [6.45, 7) is 6.29. The van der Waals surface area contributed by atoms with E-state index in [2.05, 4.69) is 117 Å². The van der Waals surface area contributed by atoms with Gasteiger partial charge in [-0.1, -0.05) is 226 Å². The van der Waals surface area contributed by atoms with Gasteiger partial charge in [0, 0.05) is 6.42 Å². The van der Waals surface area contributed by atoms with Crippen LogP contribution in [0.1, 0.15) is 220 Å². The van der Waals surface area contributed by atoms with Gasteiger partial charge in [-0.3, -0.25) is 9.59 Å². The molecular weight excluding hydrogens is 791 g/mol. The summed E-state index contributed by atoms with van der Waals surface area (Å²) < 4.78 is 5.89. The third kappa shape index (κ3) is 45.1. The van der Waals surface area contributed by atoms with E-state index in [4.69, 9.17) is 4.74 Å². The van der Waals surface area contributed by atoms with Crippen molar-refractivity contribution in [3.63, 3.8) is 0 Å². The van der Waals surface area contributed by atoms with Crippen molar-refractivity contribution in [2.45, 2.75) is 238 Å². The average molecular weight is 888 g/mol. The van der Waals surface area contributed by atoms with Gasteiger partial charge < -0.3 is 20.3 Å². The van der Waals surface area contributed by atoms with Crippen LogP contribution in [0, 0.1) is 0 Å². The van der Waals surface area contributed by atoms with E-state index in [-0.39, 0.29) is 24.9 Å². The number of aliphatic hydroxyl groups excluding tert-OH is 2. The predicted molar refractivity (Wildman–Crippen MR) is 277 cm³/mol. The molecule has 0 aromatic rings. The number of ether oxygens (including phenoxy) is 1. The van der Waals surface area contributed by atoms with Crippen molar-refractivity contribution in [3.05, 3.63) is 109 Å². The van der Waals surface area contributed by atoms with Crippen molar-refractivity contribution in [1.82, 2.24) is 5.32 Å². The SMILES string of the molecule is CC/C=C\C/C=C\C/C=C\C/C=C\C/C=C\CCCC(=O)OC(CCCCC/C=C/C=C/C=C/C=C/CCCCC)CC(=O)NC(CO)C(O)CCCCCCCCCCCCCC. The highest BCUT2D eigenvalue weighted by Crippen LogP contribution is 2.16. The van der Waals surface area contributed by atoms with E-state index >= 15 is 0 Å².